The molecule has 0 aliphatic rings. The predicted molar refractivity (Wildman–Crippen MR) is 146 cm³/mol. The summed E-state index contributed by atoms with van der Waals surface area (Å²) in [7, 11) is 1.78. The van der Waals surface area contributed by atoms with Crippen molar-refractivity contribution in [3.63, 3.8) is 0 Å². The molecule has 3 N–H and O–H groups in total. The van der Waals surface area contributed by atoms with Crippen LogP contribution in [0.2, 0.25) is 0 Å². The highest BCUT2D eigenvalue weighted by molar-refractivity contribution is 6.04. The van der Waals surface area contributed by atoms with E-state index in [2.05, 4.69) is 31.1 Å². The van der Waals surface area contributed by atoms with Gasteiger partial charge in [-0.1, -0.05) is 24.3 Å². The summed E-state index contributed by atoms with van der Waals surface area (Å²) in [6, 6.07) is 16.4. The number of fused-ring (bicyclic) bond motifs is 1. The van der Waals surface area contributed by atoms with Crippen molar-refractivity contribution in [3.8, 4) is 11.3 Å². The maximum Gasteiger partial charge on any atom is 0.274 e. The highest BCUT2D eigenvalue weighted by Crippen LogP contribution is 2.23. The van der Waals surface area contributed by atoms with Gasteiger partial charge in [-0.05, 0) is 30.3 Å². The number of aromatic nitrogens is 5. The van der Waals surface area contributed by atoms with Crippen molar-refractivity contribution in [2.24, 2.45) is 7.05 Å². The third-order valence-electron chi connectivity index (χ3n) is 5.95. The van der Waals surface area contributed by atoms with Crippen molar-refractivity contribution in [2.75, 3.05) is 18.4 Å². The van der Waals surface area contributed by atoms with Crippen molar-refractivity contribution >= 4 is 34.3 Å². The number of nitrogens with one attached hydrogen (secondary N) is 3. The zero-order valence-electron chi connectivity index (χ0n) is 21.5. The Morgan fingerprint density at radius 2 is 1.73 bits per heavy atom. The molecule has 5 aromatic rings. The maximum absolute atomic E-state index is 14.8. The summed E-state index contributed by atoms with van der Waals surface area (Å²) in [5.74, 6) is -1.80. The zero-order chi connectivity index (χ0) is 28.1. The Morgan fingerprint density at radius 3 is 2.50 bits per heavy atom. The lowest BCUT2D eigenvalue weighted by molar-refractivity contribution is -0.121. The van der Waals surface area contributed by atoms with Gasteiger partial charge in [0.2, 0.25) is 5.91 Å². The number of pyridine rings is 1. The third kappa shape index (κ3) is 6.18. The second-order valence-corrected chi connectivity index (χ2v) is 8.95. The molecule has 0 radical (unpaired) electrons. The van der Waals surface area contributed by atoms with Gasteiger partial charge in [0.25, 0.3) is 11.8 Å². The summed E-state index contributed by atoms with van der Waals surface area (Å²) in [6.07, 6.45) is 5.00. The van der Waals surface area contributed by atoms with Crippen LogP contribution in [0.15, 0.2) is 79.3 Å². The fraction of sp³-hybridized carbons (Fsp3) is 0.143. The molecule has 5 rings (SSSR count). The minimum Gasteiger partial charge on any atom is -0.353 e. The first-order valence-corrected chi connectivity index (χ1v) is 12.4. The van der Waals surface area contributed by atoms with Crippen LogP contribution in [0, 0.1) is 5.82 Å². The minimum absolute atomic E-state index is 0.0377. The Labute approximate surface area is 228 Å². The third-order valence-corrected chi connectivity index (χ3v) is 5.95. The normalized spacial score (nSPS) is 10.8. The first-order chi connectivity index (χ1) is 19.4. The molecule has 3 aromatic heterocycles. The number of hydrogen-bond acceptors (Lipinski definition) is 6. The van der Waals surface area contributed by atoms with E-state index in [4.69, 9.17) is 0 Å². The van der Waals surface area contributed by atoms with Crippen LogP contribution in [-0.4, -0.2) is 55.4 Å². The Hall–Kier alpha value is -5.39. The molecule has 0 saturated carbocycles. The number of aryl methyl sites for hydroxylation is 1. The molecule has 40 heavy (non-hydrogen) atoms. The van der Waals surface area contributed by atoms with Gasteiger partial charge in [0.05, 0.1) is 23.1 Å². The number of carbonyl (C=O) groups is 3. The molecule has 2 aromatic carbocycles. The van der Waals surface area contributed by atoms with E-state index >= 15 is 0 Å². The quantitative estimate of drug-likeness (QED) is 0.246. The minimum atomic E-state index is -0.673. The van der Waals surface area contributed by atoms with Gasteiger partial charge in [-0.15, -0.1) is 0 Å². The molecule has 202 valence electrons. The number of halogens is 1. The van der Waals surface area contributed by atoms with E-state index in [-0.39, 0.29) is 42.8 Å². The second kappa shape index (κ2) is 11.6. The standard InChI is InChI=1S/C28H25FN8O3/c1-36-15-20(14-32-36)22-8-5-9-23(33-22)28(40)34-25-12-19-16-37(35-24(19)13-21(25)29)17-26(38)30-10-11-31-27(39)18-6-3-2-4-7-18/h2-9,12-16H,10-11,17H2,1H3,(H,30,38)(H,31,39)(H,34,40). The number of hydrogen-bond donors (Lipinski definition) is 3. The number of rotatable bonds is 9. The van der Waals surface area contributed by atoms with E-state index in [9.17, 15) is 18.8 Å². The lowest BCUT2D eigenvalue weighted by Gasteiger charge is -2.07. The molecular weight excluding hydrogens is 515 g/mol. The average Bonchev–Trinajstić information content (AvgIpc) is 3.56. The van der Waals surface area contributed by atoms with E-state index in [1.165, 1.54) is 22.9 Å². The number of anilines is 1. The van der Waals surface area contributed by atoms with Crippen LogP contribution in [-0.2, 0) is 18.4 Å². The summed E-state index contributed by atoms with van der Waals surface area (Å²) in [5.41, 5.74) is 2.26. The smallest absolute Gasteiger partial charge is 0.274 e. The van der Waals surface area contributed by atoms with Crippen molar-refractivity contribution in [3.05, 3.63) is 96.3 Å². The maximum atomic E-state index is 14.8. The summed E-state index contributed by atoms with van der Waals surface area (Å²) in [4.78, 5) is 41.6. The largest absolute Gasteiger partial charge is 0.353 e. The van der Waals surface area contributed by atoms with Crippen LogP contribution >= 0.6 is 0 Å². The van der Waals surface area contributed by atoms with Gasteiger partial charge in [0.1, 0.15) is 18.1 Å². The number of nitrogens with zero attached hydrogens (tertiary/aromatic N) is 5. The molecule has 0 fully saturated rings. The van der Waals surface area contributed by atoms with E-state index in [1.54, 1.807) is 66.7 Å². The fourth-order valence-corrected chi connectivity index (χ4v) is 4.01. The van der Waals surface area contributed by atoms with E-state index in [1.807, 2.05) is 6.07 Å². The molecule has 11 nitrogen and oxygen atoms in total. The van der Waals surface area contributed by atoms with Gasteiger partial charge in [0, 0.05) is 55.1 Å². The molecule has 0 atom stereocenters. The molecule has 0 aliphatic carbocycles. The van der Waals surface area contributed by atoms with Gasteiger partial charge >= 0.3 is 0 Å². The molecule has 0 unspecified atom stereocenters. The van der Waals surface area contributed by atoms with Crippen LogP contribution in [0.25, 0.3) is 22.2 Å². The second-order valence-electron chi connectivity index (χ2n) is 8.95. The van der Waals surface area contributed by atoms with Crippen LogP contribution in [0.1, 0.15) is 20.8 Å². The first kappa shape index (κ1) is 26.2. The Morgan fingerprint density at radius 1 is 0.925 bits per heavy atom. The van der Waals surface area contributed by atoms with Crippen molar-refractivity contribution in [1.82, 2.24) is 35.2 Å². The number of carbonyl (C=O) groups excluding carboxylic acids is 3. The summed E-state index contributed by atoms with van der Waals surface area (Å²) >= 11 is 0. The first-order valence-electron chi connectivity index (χ1n) is 12.4. The van der Waals surface area contributed by atoms with Crippen molar-refractivity contribution in [1.29, 1.82) is 0 Å². The molecule has 0 aliphatic heterocycles. The van der Waals surface area contributed by atoms with E-state index < -0.39 is 11.7 Å². The lowest BCUT2D eigenvalue weighted by Crippen LogP contribution is -2.36. The molecule has 0 bridgehead atoms. The highest BCUT2D eigenvalue weighted by Gasteiger charge is 2.15. The molecule has 0 spiro atoms. The molecular formula is C28H25FN8O3. The van der Waals surface area contributed by atoms with E-state index in [0.29, 0.717) is 22.2 Å². The number of benzene rings is 2. The zero-order valence-corrected chi connectivity index (χ0v) is 21.5. The fourth-order valence-electron chi connectivity index (χ4n) is 4.01. The highest BCUT2D eigenvalue weighted by atomic mass is 19.1. The Bertz CT molecular complexity index is 1700. The summed E-state index contributed by atoms with van der Waals surface area (Å²) in [5, 5.41) is 16.9. The predicted octanol–water partition coefficient (Wildman–Crippen LogP) is 2.77. The van der Waals surface area contributed by atoms with Gasteiger partial charge in [-0.25, -0.2) is 9.37 Å². The summed E-state index contributed by atoms with van der Waals surface area (Å²) in [6.45, 7) is 0.392. The Balaban J connectivity index is 1.18. The monoisotopic (exact) mass is 540 g/mol. The number of amides is 3. The van der Waals surface area contributed by atoms with Crippen molar-refractivity contribution in [2.45, 2.75) is 6.54 Å². The SMILES string of the molecule is Cn1cc(-c2cccc(C(=O)Nc3cc4cn(CC(=O)NCCNC(=O)c5ccccc5)nc4cc3F)n2)cn1. The van der Waals surface area contributed by atoms with Crippen LogP contribution in [0.5, 0.6) is 0 Å². The van der Waals surface area contributed by atoms with Crippen LogP contribution < -0.4 is 16.0 Å². The topological polar surface area (TPSA) is 136 Å². The van der Waals surface area contributed by atoms with Gasteiger partial charge in [-0.2, -0.15) is 10.2 Å². The van der Waals surface area contributed by atoms with Gasteiger partial charge < -0.3 is 16.0 Å². The van der Waals surface area contributed by atoms with Gasteiger partial charge in [-0.3, -0.25) is 23.7 Å². The lowest BCUT2D eigenvalue weighted by atomic mass is 10.2. The van der Waals surface area contributed by atoms with Crippen molar-refractivity contribution < 1.29 is 18.8 Å². The molecule has 3 amide bonds. The molecule has 12 heteroatoms. The molecule has 0 saturated heterocycles. The average molecular weight is 541 g/mol. The van der Waals surface area contributed by atoms with Crippen LogP contribution in [0.4, 0.5) is 10.1 Å². The van der Waals surface area contributed by atoms with Crippen LogP contribution in [0.3, 0.4) is 0 Å². The summed E-state index contributed by atoms with van der Waals surface area (Å²) < 4.78 is 17.8. The molecule has 3 heterocycles. The van der Waals surface area contributed by atoms with Gasteiger partial charge in [0.15, 0.2) is 0 Å². The Kier molecular flexibility index (Phi) is 7.58. The van der Waals surface area contributed by atoms with E-state index in [0.717, 1.165) is 5.56 Å².